The number of benzene rings is 1. The van der Waals surface area contributed by atoms with Crippen molar-refractivity contribution < 1.29 is 12.8 Å². The Kier molecular flexibility index (Phi) is 6.22. The van der Waals surface area contributed by atoms with Gasteiger partial charge in [0.2, 0.25) is 10.0 Å². The monoisotopic (exact) mass is 342 g/mol. The summed E-state index contributed by atoms with van der Waals surface area (Å²) in [6.07, 6.45) is 2.13. The molecule has 1 atom stereocenters. The van der Waals surface area contributed by atoms with E-state index in [0.29, 0.717) is 11.5 Å². The van der Waals surface area contributed by atoms with Crippen LogP contribution in [0.2, 0.25) is 5.02 Å². The van der Waals surface area contributed by atoms with Gasteiger partial charge < -0.3 is 5.73 Å². The molecular formula is C12H17Cl2FN2O2S. The molecule has 0 amide bonds. The van der Waals surface area contributed by atoms with E-state index in [1.54, 1.807) is 0 Å². The number of sulfonamides is 1. The summed E-state index contributed by atoms with van der Waals surface area (Å²) in [6.45, 7) is 0.238. The molecule has 114 valence electrons. The number of hydrogen-bond donors (Lipinski definition) is 2. The molecule has 0 aromatic heterocycles. The summed E-state index contributed by atoms with van der Waals surface area (Å²) >= 11 is 5.61. The van der Waals surface area contributed by atoms with E-state index in [1.807, 2.05) is 0 Å². The van der Waals surface area contributed by atoms with Crippen LogP contribution in [0.4, 0.5) is 4.39 Å². The average molecular weight is 343 g/mol. The zero-order chi connectivity index (χ0) is 14.0. The van der Waals surface area contributed by atoms with E-state index >= 15 is 0 Å². The molecule has 0 radical (unpaired) electrons. The Labute approximate surface area is 129 Å². The average Bonchev–Trinajstić information content (AvgIpc) is 3.15. The van der Waals surface area contributed by atoms with Gasteiger partial charge in [0.05, 0.1) is 10.8 Å². The van der Waals surface area contributed by atoms with E-state index in [-0.39, 0.29) is 35.8 Å². The Morgan fingerprint density at radius 2 is 2.10 bits per heavy atom. The van der Waals surface area contributed by atoms with Gasteiger partial charge in [-0.25, -0.2) is 17.5 Å². The molecule has 0 bridgehead atoms. The lowest BCUT2D eigenvalue weighted by Crippen LogP contribution is -2.39. The van der Waals surface area contributed by atoms with E-state index in [9.17, 15) is 12.8 Å². The molecule has 1 aliphatic carbocycles. The van der Waals surface area contributed by atoms with Crippen LogP contribution in [-0.4, -0.2) is 21.0 Å². The zero-order valence-electron chi connectivity index (χ0n) is 10.7. The maximum Gasteiger partial charge on any atom is 0.215 e. The summed E-state index contributed by atoms with van der Waals surface area (Å²) in [6, 6.07) is 3.74. The number of rotatable bonds is 6. The van der Waals surface area contributed by atoms with Crippen LogP contribution in [0.5, 0.6) is 0 Å². The third kappa shape index (κ3) is 5.18. The minimum atomic E-state index is -3.48. The Bertz CT molecular complexity index is 565. The van der Waals surface area contributed by atoms with Gasteiger partial charge in [-0.15, -0.1) is 12.4 Å². The summed E-state index contributed by atoms with van der Waals surface area (Å²) < 4.78 is 39.1. The fourth-order valence-electron chi connectivity index (χ4n) is 1.81. The Morgan fingerprint density at radius 3 is 2.65 bits per heavy atom. The summed E-state index contributed by atoms with van der Waals surface area (Å²) in [7, 11) is -3.48. The molecule has 1 unspecified atom stereocenters. The minimum absolute atomic E-state index is 0. The number of halogens is 3. The molecule has 0 saturated heterocycles. The Hall–Kier alpha value is -0.400. The standard InChI is InChI=1S/C12H16ClFN2O2S.ClH/c13-10-5-8(1-4-11(10)14)7-19(17,18)16-6-12(15)9-2-3-9;/h1,4-5,9,12,16H,2-3,6-7,15H2;1H. The van der Waals surface area contributed by atoms with Crippen molar-refractivity contribution in [1.82, 2.24) is 4.72 Å². The molecule has 1 saturated carbocycles. The van der Waals surface area contributed by atoms with Crippen molar-refractivity contribution in [1.29, 1.82) is 0 Å². The molecule has 0 heterocycles. The maximum absolute atomic E-state index is 13.0. The number of nitrogens with one attached hydrogen (secondary N) is 1. The van der Waals surface area contributed by atoms with Gasteiger partial charge in [-0.3, -0.25) is 0 Å². The van der Waals surface area contributed by atoms with Crippen molar-refractivity contribution in [2.75, 3.05) is 6.54 Å². The summed E-state index contributed by atoms with van der Waals surface area (Å²) in [5, 5.41) is -0.0811. The second-order valence-electron chi connectivity index (χ2n) is 4.86. The highest BCUT2D eigenvalue weighted by atomic mass is 35.5. The fraction of sp³-hybridized carbons (Fsp3) is 0.500. The van der Waals surface area contributed by atoms with E-state index in [4.69, 9.17) is 17.3 Å². The first-order valence-electron chi connectivity index (χ1n) is 6.04. The van der Waals surface area contributed by atoms with Gasteiger partial charge in [-0.1, -0.05) is 17.7 Å². The van der Waals surface area contributed by atoms with Crippen LogP contribution in [0.25, 0.3) is 0 Å². The molecule has 4 nitrogen and oxygen atoms in total. The van der Waals surface area contributed by atoms with Crippen molar-refractivity contribution >= 4 is 34.0 Å². The van der Waals surface area contributed by atoms with E-state index in [0.717, 1.165) is 18.9 Å². The number of nitrogens with two attached hydrogens (primary N) is 1. The van der Waals surface area contributed by atoms with Gasteiger partial charge in [-0.2, -0.15) is 0 Å². The third-order valence-corrected chi connectivity index (χ3v) is 4.72. The first kappa shape index (κ1) is 17.7. The first-order chi connectivity index (χ1) is 8.87. The summed E-state index contributed by atoms with van der Waals surface area (Å²) in [5.41, 5.74) is 6.27. The highest BCUT2D eigenvalue weighted by Gasteiger charge is 2.29. The van der Waals surface area contributed by atoms with Gasteiger partial charge in [0.15, 0.2) is 0 Å². The van der Waals surface area contributed by atoms with Crippen LogP contribution in [0, 0.1) is 11.7 Å². The van der Waals surface area contributed by atoms with Crippen LogP contribution >= 0.6 is 24.0 Å². The Balaban J connectivity index is 0.00000200. The van der Waals surface area contributed by atoms with Gasteiger partial charge in [-0.05, 0) is 36.5 Å². The lowest BCUT2D eigenvalue weighted by atomic mass is 10.2. The highest BCUT2D eigenvalue weighted by Crippen LogP contribution is 2.31. The lowest BCUT2D eigenvalue weighted by molar-refractivity contribution is 0.547. The molecule has 1 aliphatic rings. The molecule has 2 rings (SSSR count). The molecule has 0 spiro atoms. The normalized spacial score (nSPS) is 16.6. The largest absolute Gasteiger partial charge is 0.326 e. The zero-order valence-corrected chi connectivity index (χ0v) is 13.1. The smallest absolute Gasteiger partial charge is 0.215 e. The van der Waals surface area contributed by atoms with Crippen LogP contribution in [0.3, 0.4) is 0 Å². The van der Waals surface area contributed by atoms with Gasteiger partial charge in [0.25, 0.3) is 0 Å². The topological polar surface area (TPSA) is 72.2 Å². The quantitative estimate of drug-likeness (QED) is 0.830. The molecule has 0 aliphatic heterocycles. The van der Waals surface area contributed by atoms with Gasteiger partial charge in [0.1, 0.15) is 5.82 Å². The molecule has 1 aromatic rings. The Morgan fingerprint density at radius 1 is 1.45 bits per heavy atom. The summed E-state index contributed by atoms with van der Waals surface area (Å²) in [4.78, 5) is 0. The molecule has 1 aromatic carbocycles. The highest BCUT2D eigenvalue weighted by molar-refractivity contribution is 7.88. The van der Waals surface area contributed by atoms with Crippen LogP contribution < -0.4 is 10.5 Å². The molecule has 8 heteroatoms. The minimum Gasteiger partial charge on any atom is -0.326 e. The molecule has 1 fully saturated rings. The predicted molar refractivity (Wildman–Crippen MR) is 80.0 cm³/mol. The lowest BCUT2D eigenvalue weighted by Gasteiger charge is -2.12. The van der Waals surface area contributed by atoms with Crippen LogP contribution in [-0.2, 0) is 15.8 Å². The second-order valence-corrected chi connectivity index (χ2v) is 7.07. The second kappa shape index (κ2) is 7.04. The van der Waals surface area contributed by atoms with Gasteiger partial charge >= 0.3 is 0 Å². The molecule has 20 heavy (non-hydrogen) atoms. The van der Waals surface area contributed by atoms with Crippen LogP contribution in [0.15, 0.2) is 18.2 Å². The van der Waals surface area contributed by atoms with E-state index < -0.39 is 15.8 Å². The molecular weight excluding hydrogens is 326 g/mol. The maximum atomic E-state index is 13.0. The predicted octanol–water partition coefficient (Wildman–Crippen LogP) is 2.06. The van der Waals surface area contributed by atoms with E-state index in [1.165, 1.54) is 12.1 Å². The van der Waals surface area contributed by atoms with Crippen molar-refractivity contribution in [3.8, 4) is 0 Å². The fourth-order valence-corrected chi connectivity index (χ4v) is 3.18. The van der Waals surface area contributed by atoms with Gasteiger partial charge in [0, 0.05) is 12.6 Å². The van der Waals surface area contributed by atoms with Crippen molar-refractivity contribution in [2.24, 2.45) is 11.7 Å². The van der Waals surface area contributed by atoms with Crippen molar-refractivity contribution in [3.63, 3.8) is 0 Å². The van der Waals surface area contributed by atoms with Crippen molar-refractivity contribution in [3.05, 3.63) is 34.6 Å². The van der Waals surface area contributed by atoms with Crippen molar-refractivity contribution in [2.45, 2.75) is 24.6 Å². The van der Waals surface area contributed by atoms with E-state index in [2.05, 4.69) is 4.72 Å². The third-order valence-electron chi connectivity index (χ3n) is 3.11. The SMILES string of the molecule is Cl.NC(CNS(=O)(=O)Cc1ccc(F)c(Cl)c1)C1CC1. The molecule has 3 N–H and O–H groups in total. The summed E-state index contributed by atoms with van der Waals surface area (Å²) in [5.74, 6) is -0.362. The number of hydrogen-bond acceptors (Lipinski definition) is 3. The van der Waals surface area contributed by atoms with Crippen LogP contribution in [0.1, 0.15) is 18.4 Å². The first-order valence-corrected chi connectivity index (χ1v) is 8.07.